The number of hydrogen-bond donors (Lipinski definition) is 0. The lowest BCUT2D eigenvalue weighted by atomic mass is 9.79. The van der Waals surface area contributed by atoms with Crippen molar-refractivity contribution in [1.29, 1.82) is 0 Å². The highest BCUT2D eigenvalue weighted by Crippen LogP contribution is 2.60. The SMILES string of the molecule is CC1(C)c2cccc(-c3ccc(-c4c5ccccc5c(-c5cc6ccc7ccccc7c6c6ccccc56)c5ccccc45)cc3)c2-c2c1c1ccccc1c1ccccc21.CC1(C)c2cccc(-c3ccc(-c4c5ccccc5c(-c5ccc6oc7ccccc7c6c5)c5ccccc45)cc3)c2-c2c1c1ccccc1c1ccccc21. The smallest absolute Gasteiger partial charge is 0.135 e. The molecular weight excluding hydrogens is 1410 g/mol. The lowest BCUT2D eigenvalue weighted by Gasteiger charge is -2.24. The van der Waals surface area contributed by atoms with Crippen molar-refractivity contribution >= 4 is 140 Å². The Morgan fingerprint density at radius 2 is 0.487 bits per heavy atom. The van der Waals surface area contributed by atoms with E-state index in [0.29, 0.717) is 0 Å². The Morgan fingerprint density at radius 1 is 0.171 bits per heavy atom. The molecule has 0 saturated carbocycles. The monoisotopic (exact) mass is 1480 g/mol. The van der Waals surface area contributed by atoms with Crippen molar-refractivity contribution < 1.29 is 4.42 Å². The molecule has 2 aliphatic carbocycles. The van der Waals surface area contributed by atoms with E-state index in [9.17, 15) is 0 Å². The molecule has 0 fully saturated rings. The fourth-order valence-corrected chi connectivity index (χ4v) is 21.6. The normalized spacial score (nSPS) is 13.3. The van der Waals surface area contributed by atoms with Crippen LogP contribution >= 0.6 is 0 Å². The molecule has 25 rings (SSSR count). The molecule has 0 radical (unpaired) electrons. The zero-order valence-electron chi connectivity index (χ0n) is 65.4. The van der Waals surface area contributed by atoms with E-state index in [1.165, 1.54) is 230 Å². The van der Waals surface area contributed by atoms with Crippen LogP contribution in [0.5, 0.6) is 0 Å². The van der Waals surface area contributed by atoms with Gasteiger partial charge in [0.2, 0.25) is 0 Å². The first-order chi connectivity index (χ1) is 57.6. The molecule has 1 nitrogen and oxygen atoms in total. The van der Waals surface area contributed by atoms with Gasteiger partial charge >= 0.3 is 0 Å². The number of hydrogen-bond acceptors (Lipinski definition) is 1. The number of benzene rings is 22. The Bertz CT molecular complexity index is 8110. The second kappa shape index (κ2) is 25.5. The topological polar surface area (TPSA) is 13.1 Å². The summed E-state index contributed by atoms with van der Waals surface area (Å²) in [7, 11) is 0. The van der Waals surface area contributed by atoms with Crippen LogP contribution in [-0.2, 0) is 10.8 Å². The summed E-state index contributed by atoms with van der Waals surface area (Å²) in [5.74, 6) is 0. The van der Waals surface area contributed by atoms with Crippen molar-refractivity contribution in [3.05, 3.63) is 411 Å². The Morgan fingerprint density at radius 3 is 0.940 bits per heavy atom. The molecule has 1 heteroatoms. The zero-order chi connectivity index (χ0) is 77.5. The van der Waals surface area contributed by atoms with Gasteiger partial charge in [0.15, 0.2) is 0 Å². The lowest BCUT2D eigenvalue weighted by molar-refractivity contribution is 0.666. The van der Waals surface area contributed by atoms with E-state index < -0.39 is 0 Å². The van der Waals surface area contributed by atoms with Crippen molar-refractivity contribution in [1.82, 2.24) is 0 Å². The highest BCUT2D eigenvalue weighted by atomic mass is 16.3. The molecule has 0 aliphatic heterocycles. The largest absolute Gasteiger partial charge is 0.456 e. The number of para-hydroxylation sites is 1. The third-order valence-corrected chi connectivity index (χ3v) is 26.6. The maximum absolute atomic E-state index is 6.22. The fraction of sp³-hybridized carbons (Fsp3) is 0.0517. The molecule has 117 heavy (non-hydrogen) atoms. The summed E-state index contributed by atoms with van der Waals surface area (Å²) in [6.45, 7) is 9.63. The molecule has 23 aromatic rings. The van der Waals surface area contributed by atoms with Crippen molar-refractivity contribution in [2.24, 2.45) is 0 Å². The van der Waals surface area contributed by atoms with Crippen LogP contribution < -0.4 is 0 Å². The van der Waals surface area contributed by atoms with Crippen LogP contribution in [0.1, 0.15) is 49.9 Å². The third-order valence-electron chi connectivity index (χ3n) is 26.6. The number of rotatable bonds is 6. The lowest BCUT2D eigenvalue weighted by Crippen LogP contribution is -2.15. The van der Waals surface area contributed by atoms with Gasteiger partial charge in [0.05, 0.1) is 0 Å². The van der Waals surface area contributed by atoms with Crippen molar-refractivity contribution in [3.63, 3.8) is 0 Å². The summed E-state index contributed by atoms with van der Waals surface area (Å²) in [6, 6.07) is 144. The molecule has 2 aliphatic rings. The van der Waals surface area contributed by atoms with Crippen molar-refractivity contribution in [2.45, 2.75) is 38.5 Å². The predicted octanol–water partition coefficient (Wildman–Crippen LogP) is 32.6. The Labute approximate surface area is 678 Å². The minimum Gasteiger partial charge on any atom is -0.456 e. The Balaban J connectivity index is 0.000000135. The van der Waals surface area contributed by atoms with Gasteiger partial charge in [-0.2, -0.15) is 0 Å². The van der Waals surface area contributed by atoms with Crippen LogP contribution in [0.25, 0.3) is 229 Å². The average molecular weight is 1490 g/mol. The quantitative estimate of drug-likeness (QED) is 0.119. The molecule has 1 aromatic heterocycles. The summed E-state index contributed by atoms with van der Waals surface area (Å²) >= 11 is 0. The average Bonchev–Trinajstić information content (AvgIpc) is 1.55. The predicted molar refractivity (Wildman–Crippen MR) is 500 cm³/mol. The van der Waals surface area contributed by atoms with Gasteiger partial charge in [-0.1, -0.05) is 392 Å². The van der Waals surface area contributed by atoms with Gasteiger partial charge in [-0.25, -0.2) is 0 Å². The van der Waals surface area contributed by atoms with Crippen LogP contribution in [0.15, 0.2) is 393 Å². The maximum Gasteiger partial charge on any atom is 0.135 e. The first-order valence-corrected chi connectivity index (χ1v) is 41.1. The van der Waals surface area contributed by atoms with E-state index >= 15 is 0 Å². The van der Waals surface area contributed by atoms with E-state index in [4.69, 9.17) is 4.42 Å². The molecule has 0 amide bonds. The van der Waals surface area contributed by atoms with Crippen molar-refractivity contribution in [3.8, 4) is 89.0 Å². The van der Waals surface area contributed by atoms with Gasteiger partial charge in [0.25, 0.3) is 0 Å². The molecule has 0 unspecified atom stereocenters. The van der Waals surface area contributed by atoms with Gasteiger partial charge in [0.1, 0.15) is 11.2 Å². The molecule has 0 saturated heterocycles. The summed E-state index contributed by atoms with van der Waals surface area (Å²) in [6.07, 6.45) is 0. The summed E-state index contributed by atoms with van der Waals surface area (Å²) in [5.41, 5.74) is 27.8. The van der Waals surface area contributed by atoms with Gasteiger partial charge < -0.3 is 4.42 Å². The first kappa shape index (κ1) is 67.0. The maximum atomic E-state index is 6.22. The Hall–Kier alpha value is -14.5. The highest BCUT2D eigenvalue weighted by molar-refractivity contribution is 6.30. The molecule has 0 atom stereocenters. The minimum absolute atomic E-state index is 0.140. The van der Waals surface area contributed by atoms with E-state index in [2.05, 4.69) is 410 Å². The molecule has 22 aromatic carbocycles. The van der Waals surface area contributed by atoms with E-state index in [-0.39, 0.29) is 10.8 Å². The van der Waals surface area contributed by atoms with Gasteiger partial charge in [-0.3, -0.25) is 0 Å². The van der Waals surface area contributed by atoms with Gasteiger partial charge in [-0.05, 0) is 254 Å². The molecule has 0 N–H and O–H groups in total. The molecule has 0 spiro atoms. The second-order valence-corrected chi connectivity index (χ2v) is 33.4. The standard InChI is InChI=1S/C61H40.C55H36O/c1-61(2)54-29-15-28-42(58(54)59-47-22-9-5-18-43(47)44-19-7-14-27-52(44)60(59)61)38-30-33-39(34-31-38)55-48-23-10-12-25-50(48)57(51-26-13-11-24-49(51)55)53-36-40-35-32-37-16-3-4-17-41(37)56(40)46-21-8-6-20-45(46)53;1-55(2)47-24-13-23-36(52(47)53-40-17-5-3-14-37(40)38-15-4-10-22-45(38)54(53)55)33-26-28-34(29-27-33)50-41-18-6-8-20-43(41)51(44-21-9-7-19-42(44)50)35-30-31-49-46(32-35)39-16-11-12-25-48(39)56-49/h3-36H,1-2H3;3-32H,1-2H3. The molecule has 0 bridgehead atoms. The van der Waals surface area contributed by atoms with E-state index in [1.54, 1.807) is 0 Å². The number of fused-ring (bicyclic) bond motifs is 28. The number of furan rings is 1. The molecular formula is C116H76O. The molecule has 546 valence electrons. The van der Waals surface area contributed by atoms with Crippen LogP contribution in [0.4, 0.5) is 0 Å². The first-order valence-electron chi connectivity index (χ1n) is 41.1. The van der Waals surface area contributed by atoms with Gasteiger partial charge in [-0.15, -0.1) is 0 Å². The van der Waals surface area contributed by atoms with Crippen molar-refractivity contribution in [2.75, 3.05) is 0 Å². The van der Waals surface area contributed by atoms with E-state index in [1.807, 2.05) is 6.07 Å². The zero-order valence-corrected chi connectivity index (χ0v) is 65.4. The highest BCUT2D eigenvalue weighted by Gasteiger charge is 2.42. The summed E-state index contributed by atoms with van der Waals surface area (Å²) in [5, 5.41) is 30.7. The van der Waals surface area contributed by atoms with Gasteiger partial charge in [0, 0.05) is 21.6 Å². The van der Waals surface area contributed by atoms with Crippen LogP contribution in [0.2, 0.25) is 0 Å². The van der Waals surface area contributed by atoms with Crippen LogP contribution in [-0.4, -0.2) is 0 Å². The third kappa shape index (κ3) is 9.78. The fourth-order valence-electron chi connectivity index (χ4n) is 21.6. The summed E-state index contributed by atoms with van der Waals surface area (Å²) < 4.78 is 6.22. The summed E-state index contributed by atoms with van der Waals surface area (Å²) in [4.78, 5) is 0. The molecule has 1 heterocycles. The van der Waals surface area contributed by atoms with Crippen LogP contribution in [0, 0.1) is 0 Å². The Kier molecular flexibility index (Phi) is 14.6. The van der Waals surface area contributed by atoms with E-state index in [0.717, 1.165) is 21.9 Å². The minimum atomic E-state index is -0.145. The second-order valence-electron chi connectivity index (χ2n) is 33.4. The van der Waals surface area contributed by atoms with Crippen LogP contribution in [0.3, 0.4) is 0 Å².